The van der Waals surface area contributed by atoms with Gasteiger partial charge in [-0.1, -0.05) is 0 Å². The second-order valence-electron chi connectivity index (χ2n) is 4.17. The van der Waals surface area contributed by atoms with Crippen LogP contribution in [0.15, 0.2) is 0 Å². The van der Waals surface area contributed by atoms with E-state index in [4.69, 9.17) is 10.5 Å². The third kappa shape index (κ3) is 2.03. The van der Waals surface area contributed by atoms with Gasteiger partial charge in [0.1, 0.15) is 0 Å². The van der Waals surface area contributed by atoms with Crippen molar-refractivity contribution in [2.24, 2.45) is 11.7 Å². The standard InChI is InChI=1S/C10H20N2O/c11-7-10(9-3-6-13-8-9)12-4-1-2-5-12/h9-10H,1-8,11H2/t9-,10-/m1/s1. The molecular formula is C10H20N2O. The molecule has 0 aromatic carbocycles. The highest BCUT2D eigenvalue weighted by molar-refractivity contribution is 4.84. The second-order valence-corrected chi connectivity index (χ2v) is 4.17. The largest absolute Gasteiger partial charge is 0.381 e. The van der Waals surface area contributed by atoms with Gasteiger partial charge in [-0.3, -0.25) is 4.90 Å². The van der Waals surface area contributed by atoms with Crippen molar-refractivity contribution in [1.29, 1.82) is 0 Å². The Hall–Kier alpha value is -0.120. The monoisotopic (exact) mass is 184 g/mol. The summed E-state index contributed by atoms with van der Waals surface area (Å²) in [5.74, 6) is 0.697. The summed E-state index contributed by atoms with van der Waals surface area (Å²) in [7, 11) is 0. The highest BCUT2D eigenvalue weighted by Crippen LogP contribution is 2.23. The van der Waals surface area contributed by atoms with Gasteiger partial charge in [0.25, 0.3) is 0 Å². The molecule has 2 fully saturated rings. The first kappa shape index (κ1) is 9.44. The van der Waals surface area contributed by atoms with Gasteiger partial charge in [-0.05, 0) is 32.4 Å². The van der Waals surface area contributed by atoms with Crippen LogP contribution in [0.1, 0.15) is 19.3 Å². The number of nitrogens with zero attached hydrogens (tertiary/aromatic N) is 1. The maximum atomic E-state index is 5.84. The van der Waals surface area contributed by atoms with Crippen LogP contribution in [0, 0.1) is 5.92 Å². The zero-order valence-corrected chi connectivity index (χ0v) is 8.24. The molecule has 0 saturated carbocycles. The minimum absolute atomic E-state index is 0.588. The molecule has 3 heteroatoms. The number of hydrogen-bond acceptors (Lipinski definition) is 3. The predicted molar refractivity (Wildman–Crippen MR) is 52.6 cm³/mol. The number of ether oxygens (including phenoxy) is 1. The van der Waals surface area contributed by atoms with Crippen molar-refractivity contribution in [3.05, 3.63) is 0 Å². The SMILES string of the molecule is NC[C@H]([C@@H]1CCOC1)N1CCCC1. The molecule has 0 aromatic rings. The summed E-state index contributed by atoms with van der Waals surface area (Å²) >= 11 is 0. The van der Waals surface area contributed by atoms with Crippen LogP contribution in [0.25, 0.3) is 0 Å². The Kier molecular flexibility index (Phi) is 3.19. The third-order valence-electron chi connectivity index (χ3n) is 3.36. The average Bonchev–Trinajstić information content (AvgIpc) is 2.76. The molecule has 0 radical (unpaired) electrons. The number of nitrogens with two attached hydrogens (primary N) is 1. The van der Waals surface area contributed by atoms with E-state index in [0.29, 0.717) is 12.0 Å². The van der Waals surface area contributed by atoms with E-state index < -0.39 is 0 Å². The van der Waals surface area contributed by atoms with Crippen molar-refractivity contribution in [3.63, 3.8) is 0 Å². The number of rotatable bonds is 3. The highest BCUT2D eigenvalue weighted by atomic mass is 16.5. The maximum Gasteiger partial charge on any atom is 0.0510 e. The lowest BCUT2D eigenvalue weighted by Crippen LogP contribution is -2.44. The quantitative estimate of drug-likeness (QED) is 0.692. The smallest absolute Gasteiger partial charge is 0.0510 e. The Labute approximate surface area is 80.2 Å². The first-order chi connectivity index (χ1) is 6.42. The summed E-state index contributed by atoms with van der Waals surface area (Å²) in [6, 6.07) is 0.588. The highest BCUT2D eigenvalue weighted by Gasteiger charge is 2.30. The van der Waals surface area contributed by atoms with Crippen LogP contribution < -0.4 is 5.73 Å². The fourth-order valence-corrected chi connectivity index (χ4v) is 2.57. The van der Waals surface area contributed by atoms with Crippen LogP contribution in [-0.2, 0) is 4.74 Å². The predicted octanol–water partition coefficient (Wildman–Crippen LogP) is 0.446. The van der Waals surface area contributed by atoms with Gasteiger partial charge in [-0.15, -0.1) is 0 Å². The summed E-state index contributed by atoms with van der Waals surface area (Å²) in [5.41, 5.74) is 5.84. The number of likely N-dealkylation sites (tertiary alicyclic amines) is 1. The summed E-state index contributed by atoms with van der Waals surface area (Å²) in [4.78, 5) is 2.55. The van der Waals surface area contributed by atoms with E-state index >= 15 is 0 Å². The number of hydrogen-bond donors (Lipinski definition) is 1. The van der Waals surface area contributed by atoms with Crippen molar-refractivity contribution in [2.45, 2.75) is 25.3 Å². The van der Waals surface area contributed by atoms with Gasteiger partial charge in [0.2, 0.25) is 0 Å². The average molecular weight is 184 g/mol. The Morgan fingerprint density at radius 2 is 2.15 bits per heavy atom. The summed E-state index contributed by atoms with van der Waals surface area (Å²) in [5, 5.41) is 0. The van der Waals surface area contributed by atoms with Gasteiger partial charge >= 0.3 is 0 Å². The molecule has 2 saturated heterocycles. The minimum Gasteiger partial charge on any atom is -0.381 e. The Bertz CT molecular complexity index is 135. The molecule has 0 amide bonds. The second kappa shape index (κ2) is 4.40. The molecule has 76 valence electrons. The Morgan fingerprint density at radius 1 is 1.38 bits per heavy atom. The molecule has 2 aliphatic rings. The van der Waals surface area contributed by atoms with Gasteiger partial charge in [-0.2, -0.15) is 0 Å². The van der Waals surface area contributed by atoms with E-state index in [9.17, 15) is 0 Å². The zero-order valence-electron chi connectivity index (χ0n) is 8.24. The van der Waals surface area contributed by atoms with Crippen molar-refractivity contribution in [2.75, 3.05) is 32.8 Å². The molecule has 0 bridgehead atoms. The van der Waals surface area contributed by atoms with Crippen LogP contribution in [-0.4, -0.2) is 43.8 Å². The van der Waals surface area contributed by atoms with Gasteiger partial charge in [-0.25, -0.2) is 0 Å². The van der Waals surface area contributed by atoms with Gasteiger partial charge < -0.3 is 10.5 Å². The molecule has 2 rings (SSSR count). The molecule has 0 aliphatic carbocycles. The maximum absolute atomic E-state index is 5.84. The van der Waals surface area contributed by atoms with Crippen molar-refractivity contribution >= 4 is 0 Å². The molecular weight excluding hydrogens is 164 g/mol. The fourth-order valence-electron chi connectivity index (χ4n) is 2.57. The molecule has 2 atom stereocenters. The summed E-state index contributed by atoms with van der Waals surface area (Å²) in [6.07, 6.45) is 3.91. The van der Waals surface area contributed by atoms with Crippen molar-refractivity contribution in [1.82, 2.24) is 4.90 Å². The molecule has 3 nitrogen and oxygen atoms in total. The van der Waals surface area contributed by atoms with Gasteiger partial charge in [0.15, 0.2) is 0 Å². The Morgan fingerprint density at radius 3 is 2.69 bits per heavy atom. The topological polar surface area (TPSA) is 38.5 Å². The van der Waals surface area contributed by atoms with E-state index in [2.05, 4.69) is 4.90 Å². The van der Waals surface area contributed by atoms with E-state index in [-0.39, 0.29) is 0 Å². The summed E-state index contributed by atoms with van der Waals surface area (Å²) in [6.45, 7) is 5.16. The lowest BCUT2D eigenvalue weighted by molar-refractivity contribution is 0.140. The lowest BCUT2D eigenvalue weighted by Gasteiger charge is -2.30. The molecule has 2 aliphatic heterocycles. The normalized spacial score (nSPS) is 32.5. The molecule has 13 heavy (non-hydrogen) atoms. The van der Waals surface area contributed by atoms with Crippen LogP contribution in [0.3, 0.4) is 0 Å². The van der Waals surface area contributed by atoms with Crippen LogP contribution in [0.2, 0.25) is 0 Å². The van der Waals surface area contributed by atoms with E-state index in [1.807, 2.05) is 0 Å². The van der Waals surface area contributed by atoms with Crippen LogP contribution >= 0.6 is 0 Å². The molecule has 0 unspecified atom stereocenters. The fraction of sp³-hybridized carbons (Fsp3) is 1.00. The van der Waals surface area contributed by atoms with Gasteiger partial charge in [0, 0.05) is 25.1 Å². The first-order valence-corrected chi connectivity index (χ1v) is 5.43. The van der Waals surface area contributed by atoms with Crippen molar-refractivity contribution in [3.8, 4) is 0 Å². The van der Waals surface area contributed by atoms with Crippen LogP contribution in [0.4, 0.5) is 0 Å². The van der Waals surface area contributed by atoms with E-state index in [0.717, 1.165) is 19.8 Å². The third-order valence-corrected chi connectivity index (χ3v) is 3.36. The minimum atomic E-state index is 0.588. The van der Waals surface area contributed by atoms with Gasteiger partial charge in [0.05, 0.1) is 6.61 Å². The Balaban J connectivity index is 1.90. The summed E-state index contributed by atoms with van der Waals surface area (Å²) < 4.78 is 5.42. The molecule has 0 aromatic heterocycles. The molecule has 0 spiro atoms. The van der Waals surface area contributed by atoms with E-state index in [1.165, 1.54) is 32.4 Å². The van der Waals surface area contributed by atoms with Crippen molar-refractivity contribution < 1.29 is 4.74 Å². The lowest BCUT2D eigenvalue weighted by atomic mass is 9.98. The zero-order chi connectivity index (χ0) is 9.10. The molecule has 2 heterocycles. The van der Waals surface area contributed by atoms with E-state index in [1.54, 1.807) is 0 Å². The molecule has 2 N–H and O–H groups in total. The first-order valence-electron chi connectivity index (χ1n) is 5.43. The van der Waals surface area contributed by atoms with Crippen LogP contribution in [0.5, 0.6) is 0 Å².